The van der Waals surface area contributed by atoms with Crippen molar-refractivity contribution < 1.29 is 14.7 Å². The summed E-state index contributed by atoms with van der Waals surface area (Å²) in [6.07, 6.45) is 5.03. The minimum Gasteiger partial charge on any atom is -0.465 e. The second-order valence-electron chi connectivity index (χ2n) is 8.46. The zero-order valence-electron chi connectivity index (χ0n) is 18.4. The second-order valence-corrected chi connectivity index (χ2v) is 8.46. The fourth-order valence-electron chi connectivity index (χ4n) is 4.72. The molecule has 3 N–H and O–H groups in total. The van der Waals surface area contributed by atoms with Crippen molar-refractivity contribution in [2.24, 2.45) is 7.05 Å². The number of hydrogen-bond donors (Lipinski definition) is 3. The van der Waals surface area contributed by atoms with Gasteiger partial charge >= 0.3 is 6.09 Å². The smallest absolute Gasteiger partial charge is 0.407 e. The van der Waals surface area contributed by atoms with Crippen molar-refractivity contribution in [1.82, 2.24) is 29.7 Å². The predicted molar refractivity (Wildman–Crippen MR) is 125 cm³/mol. The average Bonchev–Trinajstić information content (AvgIpc) is 3.42. The van der Waals surface area contributed by atoms with E-state index in [1.165, 1.54) is 4.90 Å². The lowest BCUT2D eigenvalue weighted by molar-refractivity contribution is 0.0966. The maximum absolute atomic E-state index is 12.8. The zero-order chi connectivity index (χ0) is 23.4. The summed E-state index contributed by atoms with van der Waals surface area (Å²) in [5, 5.41) is 16.4. The maximum Gasteiger partial charge on any atom is 0.407 e. The van der Waals surface area contributed by atoms with E-state index in [1.807, 2.05) is 42.1 Å². The Morgan fingerprint density at radius 1 is 1.21 bits per heavy atom. The van der Waals surface area contributed by atoms with E-state index in [0.717, 1.165) is 33.4 Å². The van der Waals surface area contributed by atoms with E-state index in [2.05, 4.69) is 20.6 Å². The normalized spacial score (nSPS) is 14.6. The molecule has 34 heavy (non-hydrogen) atoms. The molecule has 0 atom stereocenters. The van der Waals surface area contributed by atoms with E-state index >= 15 is 0 Å². The van der Waals surface area contributed by atoms with Gasteiger partial charge in [-0.25, -0.2) is 14.8 Å². The predicted octanol–water partition coefficient (Wildman–Crippen LogP) is 3.05. The average molecular weight is 455 g/mol. The van der Waals surface area contributed by atoms with Crippen LogP contribution in [0.5, 0.6) is 0 Å². The number of nitrogens with zero attached hydrogens (tertiary/aromatic N) is 5. The van der Waals surface area contributed by atoms with Crippen LogP contribution in [-0.4, -0.2) is 48.1 Å². The molecule has 2 aliphatic heterocycles. The molecule has 2 aliphatic rings. The van der Waals surface area contributed by atoms with Crippen LogP contribution in [0.1, 0.15) is 27.2 Å². The molecule has 4 aromatic rings. The number of hydrogen-bond acceptors (Lipinski definition) is 6. The van der Waals surface area contributed by atoms with Crippen LogP contribution in [0.4, 0.5) is 16.3 Å². The Kier molecular flexibility index (Phi) is 4.47. The molecule has 0 radical (unpaired) electrons. The molecular weight excluding hydrogens is 434 g/mol. The molecule has 2 amide bonds. The van der Waals surface area contributed by atoms with E-state index in [9.17, 15) is 14.7 Å². The van der Waals surface area contributed by atoms with Crippen molar-refractivity contribution in [3.05, 3.63) is 65.2 Å². The highest BCUT2D eigenvalue weighted by atomic mass is 16.4. The summed E-state index contributed by atoms with van der Waals surface area (Å²) in [5.41, 5.74) is 6.18. The Bertz CT molecular complexity index is 1490. The lowest BCUT2D eigenvalue weighted by Crippen LogP contribution is -2.35. The van der Waals surface area contributed by atoms with Crippen LogP contribution in [0.3, 0.4) is 0 Å². The highest BCUT2D eigenvalue weighted by molar-refractivity contribution is 6.06. The van der Waals surface area contributed by atoms with Gasteiger partial charge in [-0.2, -0.15) is 0 Å². The van der Waals surface area contributed by atoms with Gasteiger partial charge in [-0.1, -0.05) is 6.07 Å². The van der Waals surface area contributed by atoms with Crippen LogP contribution in [0, 0.1) is 0 Å². The highest BCUT2D eigenvalue weighted by Crippen LogP contribution is 2.36. The van der Waals surface area contributed by atoms with E-state index in [1.54, 1.807) is 12.4 Å². The number of rotatable bonds is 3. The summed E-state index contributed by atoms with van der Waals surface area (Å²) in [6.45, 7) is 1.08. The molecule has 4 aromatic heterocycles. The number of anilines is 2. The third kappa shape index (κ3) is 3.14. The molecule has 0 bridgehead atoms. The minimum absolute atomic E-state index is 0.172. The van der Waals surface area contributed by atoms with Crippen molar-refractivity contribution in [1.29, 1.82) is 0 Å². The highest BCUT2D eigenvalue weighted by Gasteiger charge is 2.28. The topological polar surface area (TPSA) is 125 Å². The number of carbonyl (C=O) groups excluding carboxylic acids is 1. The van der Waals surface area contributed by atoms with Crippen LogP contribution in [0.2, 0.25) is 0 Å². The molecule has 0 unspecified atom stereocenters. The number of pyridine rings is 3. The molecule has 0 spiro atoms. The van der Waals surface area contributed by atoms with Gasteiger partial charge in [-0.3, -0.25) is 9.78 Å². The number of carbonyl (C=O) groups is 2. The standard InChI is InChI=1S/C24H21N7O3/c1-30-8-6-15-14(4-7-25-22(15)30)21-16-10-27-23(32)20(16)17(11-26-21)28-19-3-2-13-5-9-31(24(33)34)12-18(13)29-19/h2-4,6-8,11H,5,9-10,12H2,1H3,(H,27,32)(H,28,29)(H,33,34). The minimum atomic E-state index is -0.955. The van der Waals surface area contributed by atoms with Gasteiger partial charge < -0.3 is 25.2 Å². The summed E-state index contributed by atoms with van der Waals surface area (Å²) in [6, 6.07) is 7.72. The quantitative estimate of drug-likeness (QED) is 0.434. The molecule has 170 valence electrons. The van der Waals surface area contributed by atoms with E-state index in [-0.39, 0.29) is 12.5 Å². The molecule has 0 fully saturated rings. The van der Waals surface area contributed by atoms with Crippen LogP contribution < -0.4 is 10.6 Å². The van der Waals surface area contributed by atoms with Gasteiger partial charge in [0.05, 0.1) is 35.4 Å². The zero-order valence-corrected chi connectivity index (χ0v) is 18.4. The third-order valence-electron chi connectivity index (χ3n) is 6.45. The molecule has 10 nitrogen and oxygen atoms in total. The summed E-state index contributed by atoms with van der Waals surface area (Å²) in [5.74, 6) is 0.367. The molecule has 6 rings (SSSR count). The largest absolute Gasteiger partial charge is 0.465 e. The summed E-state index contributed by atoms with van der Waals surface area (Å²) < 4.78 is 1.95. The van der Waals surface area contributed by atoms with Crippen LogP contribution >= 0.6 is 0 Å². The van der Waals surface area contributed by atoms with Gasteiger partial charge in [0, 0.05) is 49.0 Å². The molecule has 6 heterocycles. The first kappa shape index (κ1) is 20.2. The first-order valence-electron chi connectivity index (χ1n) is 10.9. The SMILES string of the molecule is Cn1ccc2c(-c3ncc(Nc4ccc5c(n4)CN(C(=O)O)CC5)c4c3CNC4=O)ccnc21. The summed E-state index contributed by atoms with van der Waals surface area (Å²) in [4.78, 5) is 39.3. The Hall–Kier alpha value is -4.47. The molecule has 10 heteroatoms. The lowest BCUT2D eigenvalue weighted by atomic mass is 10.0. The van der Waals surface area contributed by atoms with Gasteiger partial charge in [0.15, 0.2) is 0 Å². The summed E-state index contributed by atoms with van der Waals surface area (Å²) in [7, 11) is 1.94. The fraction of sp³-hybridized carbons (Fsp3) is 0.208. The van der Waals surface area contributed by atoms with E-state index in [0.29, 0.717) is 42.3 Å². The van der Waals surface area contributed by atoms with Crippen molar-refractivity contribution >= 4 is 34.5 Å². The monoisotopic (exact) mass is 455 g/mol. The van der Waals surface area contributed by atoms with E-state index < -0.39 is 6.09 Å². The maximum atomic E-state index is 12.8. The first-order valence-corrected chi connectivity index (χ1v) is 10.9. The van der Waals surface area contributed by atoms with Crippen molar-refractivity contribution in [3.8, 4) is 11.3 Å². The van der Waals surface area contributed by atoms with Gasteiger partial charge in [-0.15, -0.1) is 0 Å². The van der Waals surface area contributed by atoms with Gasteiger partial charge in [-0.05, 0) is 30.2 Å². The molecule has 0 aromatic carbocycles. The number of aromatic nitrogens is 4. The molecule has 0 saturated heterocycles. The Balaban J connectivity index is 1.39. The number of amides is 2. The number of aryl methyl sites for hydroxylation is 1. The van der Waals surface area contributed by atoms with Gasteiger partial charge in [0.1, 0.15) is 11.5 Å². The number of carboxylic acid groups (broad SMARTS) is 1. The van der Waals surface area contributed by atoms with Crippen LogP contribution in [-0.2, 0) is 26.6 Å². The number of fused-ring (bicyclic) bond motifs is 3. The Morgan fingerprint density at radius 3 is 2.94 bits per heavy atom. The summed E-state index contributed by atoms with van der Waals surface area (Å²) >= 11 is 0. The van der Waals surface area contributed by atoms with Crippen molar-refractivity contribution in [3.63, 3.8) is 0 Å². The van der Waals surface area contributed by atoms with Crippen molar-refractivity contribution in [2.45, 2.75) is 19.5 Å². The van der Waals surface area contributed by atoms with Crippen LogP contribution in [0.25, 0.3) is 22.3 Å². The second kappa shape index (κ2) is 7.55. The van der Waals surface area contributed by atoms with E-state index in [4.69, 9.17) is 4.98 Å². The lowest BCUT2D eigenvalue weighted by Gasteiger charge is -2.26. The fourth-order valence-corrected chi connectivity index (χ4v) is 4.72. The van der Waals surface area contributed by atoms with Gasteiger partial charge in [0.2, 0.25) is 0 Å². The Morgan fingerprint density at radius 2 is 2.09 bits per heavy atom. The molecular formula is C24H21N7O3. The first-order chi connectivity index (χ1) is 16.5. The molecule has 0 saturated carbocycles. The number of nitrogens with one attached hydrogen (secondary N) is 2. The van der Waals surface area contributed by atoms with Crippen LogP contribution in [0.15, 0.2) is 42.9 Å². The van der Waals surface area contributed by atoms with Crippen molar-refractivity contribution in [2.75, 3.05) is 11.9 Å². The van der Waals surface area contributed by atoms with Gasteiger partial charge in [0.25, 0.3) is 5.91 Å². The third-order valence-corrected chi connectivity index (χ3v) is 6.45. The Labute approximate surface area is 194 Å². The molecule has 0 aliphatic carbocycles.